The first-order chi connectivity index (χ1) is 5.71. The fourth-order valence-corrected chi connectivity index (χ4v) is 0.949. The lowest BCUT2D eigenvalue weighted by Crippen LogP contribution is -2.33. The second-order valence-electron chi connectivity index (χ2n) is 1.59. The lowest BCUT2D eigenvalue weighted by atomic mass is 10.4. The van der Waals surface area contributed by atoms with Crippen molar-refractivity contribution in [2.24, 2.45) is 0 Å². The zero-order chi connectivity index (χ0) is 10.8. The second-order valence-corrected chi connectivity index (χ2v) is 3.25. The fraction of sp³-hybridized carbons (Fsp3) is 0.333. The molecule has 0 radical (unpaired) electrons. The Hall–Kier alpha value is -0.900. The molecular weight excluding hydrogens is 240 g/mol. The van der Waals surface area contributed by atoms with E-state index in [0.717, 1.165) is 0 Å². The predicted octanol–water partition coefficient (Wildman–Crippen LogP) is -0.421. The van der Waals surface area contributed by atoms with E-state index in [1.54, 1.807) is 0 Å². The third kappa shape index (κ3) is 2.52. The van der Waals surface area contributed by atoms with Crippen LogP contribution in [-0.2, 0) is 20.6 Å². The molecule has 0 saturated carbocycles. The molecule has 0 aromatic carbocycles. The first-order valence-electron chi connectivity index (χ1n) is 2.33. The zero-order valence-electron chi connectivity index (χ0n) is 5.46. The van der Waals surface area contributed by atoms with Crippen molar-refractivity contribution in [3.8, 4) is 0 Å². The minimum atomic E-state index is -5.26. The highest BCUT2D eigenvalue weighted by molar-refractivity contribution is 7.74. The SMILES string of the molecule is O=S(=O)=C(F)C(F)(F)C(F)=S(=O)=O. The van der Waals surface area contributed by atoms with Gasteiger partial charge in [0.05, 0.1) is 0 Å². The van der Waals surface area contributed by atoms with Gasteiger partial charge >= 0.3 is 5.92 Å². The summed E-state index contributed by atoms with van der Waals surface area (Å²) in [6, 6.07) is 0. The van der Waals surface area contributed by atoms with Crippen LogP contribution in [0.4, 0.5) is 17.6 Å². The van der Waals surface area contributed by atoms with Crippen molar-refractivity contribution in [3.05, 3.63) is 0 Å². The van der Waals surface area contributed by atoms with Gasteiger partial charge in [-0.05, 0) is 0 Å². The molecule has 0 unspecified atom stereocenters. The molecule has 0 spiro atoms. The van der Waals surface area contributed by atoms with Gasteiger partial charge in [0.25, 0.3) is 30.8 Å². The van der Waals surface area contributed by atoms with Gasteiger partial charge in [-0.15, -0.1) is 0 Å². The Kier molecular flexibility index (Phi) is 3.60. The van der Waals surface area contributed by atoms with E-state index in [-0.39, 0.29) is 0 Å². The Bertz CT molecular complexity index is 410. The van der Waals surface area contributed by atoms with Crippen molar-refractivity contribution in [1.82, 2.24) is 0 Å². The van der Waals surface area contributed by atoms with Gasteiger partial charge in [0.1, 0.15) is 0 Å². The average Bonchev–Trinajstić information content (AvgIpc) is 2.01. The number of hydrogen-bond acceptors (Lipinski definition) is 4. The Morgan fingerprint density at radius 3 is 1.23 bits per heavy atom. The molecule has 0 fully saturated rings. The summed E-state index contributed by atoms with van der Waals surface area (Å²) in [4.78, 5) is 0. The van der Waals surface area contributed by atoms with Crippen LogP contribution in [0.2, 0.25) is 0 Å². The van der Waals surface area contributed by atoms with Crippen LogP contribution >= 0.6 is 0 Å². The Morgan fingerprint density at radius 2 is 1.08 bits per heavy atom. The van der Waals surface area contributed by atoms with Crippen LogP contribution < -0.4 is 0 Å². The molecule has 0 rings (SSSR count). The van der Waals surface area contributed by atoms with Crippen LogP contribution in [0.5, 0.6) is 0 Å². The summed E-state index contributed by atoms with van der Waals surface area (Å²) in [7, 11) is -8.00. The Morgan fingerprint density at radius 1 is 0.846 bits per heavy atom. The molecule has 0 aromatic heterocycles. The first kappa shape index (κ1) is 12.1. The monoisotopic (exact) mass is 240 g/mol. The van der Waals surface area contributed by atoms with Gasteiger partial charge < -0.3 is 0 Å². The molecule has 76 valence electrons. The smallest absolute Gasteiger partial charge is 0.188 e. The van der Waals surface area contributed by atoms with E-state index in [4.69, 9.17) is 0 Å². The maximum atomic E-state index is 12.1. The summed E-state index contributed by atoms with van der Waals surface area (Å²) in [6.07, 6.45) is 0. The van der Waals surface area contributed by atoms with Gasteiger partial charge in [0, 0.05) is 0 Å². The maximum Gasteiger partial charge on any atom is 0.378 e. The van der Waals surface area contributed by atoms with Crippen LogP contribution in [0.1, 0.15) is 0 Å². The molecule has 0 aliphatic rings. The van der Waals surface area contributed by atoms with Gasteiger partial charge in [-0.25, -0.2) is 0 Å². The van der Waals surface area contributed by atoms with Crippen molar-refractivity contribution < 1.29 is 34.4 Å². The van der Waals surface area contributed by atoms with Crippen molar-refractivity contribution in [2.75, 3.05) is 0 Å². The largest absolute Gasteiger partial charge is 0.378 e. The topological polar surface area (TPSA) is 68.3 Å². The van der Waals surface area contributed by atoms with Gasteiger partial charge in [-0.1, -0.05) is 0 Å². The molecule has 0 saturated heterocycles. The Labute approximate surface area is 71.9 Å². The van der Waals surface area contributed by atoms with Crippen LogP contribution in [0.15, 0.2) is 0 Å². The molecule has 0 amide bonds. The number of halogens is 4. The van der Waals surface area contributed by atoms with Crippen LogP contribution in [0, 0.1) is 0 Å². The highest BCUT2D eigenvalue weighted by Gasteiger charge is 2.46. The molecule has 0 atom stereocenters. The summed E-state index contributed by atoms with van der Waals surface area (Å²) < 4.78 is 86.5. The Balaban J connectivity index is 5.79. The molecule has 0 N–H and O–H groups in total. The van der Waals surface area contributed by atoms with Crippen molar-refractivity contribution in [3.63, 3.8) is 0 Å². The van der Waals surface area contributed by atoms with Gasteiger partial charge in [0.15, 0.2) is 0 Å². The minimum absolute atomic E-state index is 3.09. The molecule has 13 heavy (non-hydrogen) atoms. The van der Waals surface area contributed by atoms with Crippen molar-refractivity contribution in [2.45, 2.75) is 5.92 Å². The minimum Gasteiger partial charge on any atom is -0.188 e. The molecule has 0 aliphatic carbocycles. The van der Waals surface area contributed by atoms with Crippen molar-refractivity contribution in [1.29, 1.82) is 0 Å². The van der Waals surface area contributed by atoms with Gasteiger partial charge in [-0.3, -0.25) is 0 Å². The highest BCUT2D eigenvalue weighted by atomic mass is 32.2. The molecule has 0 aliphatic heterocycles. The molecule has 4 nitrogen and oxygen atoms in total. The molecule has 0 heterocycles. The third-order valence-electron chi connectivity index (χ3n) is 0.786. The first-order valence-corrected chi connectivity index (χ1v) is 4.48. The summed E-state index contributed by atoms with van der Waals surface area (Å²) in [6.45, 7) is 0. The number of alkyl halides is 2. The van der Waals surface area contributed by atoms with E-state index in [1.807, 2.05) is 0 Å². The second kappa shape index (κ2) is 3.87. The van der Waals surface area contributed by atoms with E-state index < -0.39 is 36.7 Å². The van der Waals surface area contributed by atoms with E-state index in [2.05, 4.69) is 0 Å². The normalized spacial score (nSPS) is 10.8. The van der Waals surface area contributed by atoms with E-state index in [0.29, 0.717) is 0 Å². The van der Waals surface area contributed by atoms with Gasteiger partial charge in [-0.2, -0.15) is 34.4 Å². The lowest BCUT2D eigenvalue weighted by molar-refractivity contribution is 0.138. The highest BCUT2D eigenvalue weighted by Crippen LogP contribution is 2.18. The summed E-state index contributed by atoms with van der Waals surface area (Å²) in [5.41, 5.74) is 0. The summed E-state index contributed by atoms with van der Waals surface area (Å²) in [5.74, 6) is -5.26. The van der Waals surface area contributed by atoms with E-state index in [1.165, 1.54) is 0 Å². The van der Waals surface area contributed by atoms with Crippen LogP contribution in [-0.4, -0.2) is 33.0 Å². The molecular formula is C3F4O4S2. The predicted molar refractivity (Wildman–Crippen MR) is 35.0 cm³/mol. The van der Waals surface area contributed by atoms with E-state index in [9.17, 15) is 34.4 Å². The molecule has 0 aromatic rings. The summed E-state index contributed by atoms with van der Waals surface area (Å²) in [5, 5.41) is -6.18. The van der Waals surface area contributed by atoms with Crippen molar-refractivity contribution >= 4 is 30.8 Å². The molecule has 10 heteroatoms. The van der Waals surface area contributed by atoms with Gasteiger partial charge in [0.2, 0.25) is 0 Å². The van der Waals surface area contributed by atoms with Crippen LogP contribution in [0.3, 0.4) is 0 Å². The summed E-state index contributed by atoms with van der Waals surface area (Å²) >= 11 is 0. The lowest BCUT2D eigenvalue weighted by Gasteiger charge is -2.03. The van der Waals surface area contributed by atoms with Crippen LogP contribution in [0.25, 0.3) is 0 Å². The standard InChI is InChI=1S/C3F4O4S2/c4-1(12(8)9)3(6,7)2(5)13(10)11. The van der Waals surface area contributed by atoms with E-state index >= 15 is 0 Å². The third-order valence-corrected chi connectivity index (χ3v) is 1.88. The number of rotatable bonds is 2. The number of hydrogen-bond donors (Lipinski definition) is 0. The molecule has 0 bridgehead atoms. The quantitative estimate of drug-likeness (QED) is 0.373. The fourth-order valence-electron chi connectivity index (χ4n) is 0.287. The maximum absolute atomic E-state index is 12.1. The average molecular weight is 240 g/mol. The zero-order valence-corrected chi connectivity index (χ0v) is 7.09.